The Bertz CT molecular complexity index is 1300. The lowest BCUT2D eigenvalue weighted by atomic mass is 10.1. The number of piperazine rings is 1. The summed E-state index contributed by atoms with van der Waals surface area (Å²) in [6, 6.07) is 20.3. The normalized spacial score (nSPS) is 13.9. The molecule has 184 valence electrons. The van der Waals surface area contributed by atoms with Crippen LogP contribution in [0.1, 0.15) is 22.8 Å². The molecule has 36 heavy (non-hydrogen) atoms. The van der Waals surface area contributed by atoms with Gasteiger partial charge in [0.2, 0.25) is 0 Å². The highest BCUT2D eigenvalue weighted by atomic mass is 79.9. The van der Waals surface area contributed by atoms with E-state index in [1.165, 1.54) is 31.2 Å². The van der Waals surface area contributed by atoms with Crippen LogP contribution in [-0.2, 0) is 9.59 Å². The second-order valence-corrected chi connectivity index (χ2v) is 9.28. The summed E-state index contributed by atoms with van der Waals surface area (Å²) in [5.74, 6) is -1.45. The lowest BCUT2D eigenvalue weighted by molar-refractivity contribution is -0.129. The predicted octanol–water partition coefficient (Wildman–Crippen LogP) is 5.16. The Balaban J connectivity index is 1.54. The molecule has 1 N–H and O–H groups in total. The van der Waals surface area contributed by atoms with Gasteiger partial charge in [-0.25, -0.2) is 4.39 Å². The third kappa shape index (κ3) is 6.07. The lowest BCUT2D eigenvalue weighted by Crippen LogP contribution is -2.50. The molecule has 0 saturated carbocycles. The van der Waals surface area contributed by atoms with Crippen LogP contribution in [0, 0.1) is 5.82 Å². The van der Waals surface area contributed by atoms with E-state index in [0.717, 1.165) is 5.69 Å². The van der Waals surface area contributed by atoms with Crippen LogP contribution >= 0.6 is 15.9 Å². The van der Waals surface area contributed by atoms with Crippen molar-refractivity contribution in [2.24, 2.45) is 0 Å². The number of benzene rings is 3. The Morgan fingerprint density at radius 2 is 1.58 bits per heavy atom. The Morgan fingerprint density at radius 1 is 0.917 bits per heavy atom. The summed E-state index contributed by atoms with van der Waals surface area (Å²) in [5.41, 5.74) is 2.48. The van der Waals surface area contributed by atoms with E-state index in [2.05, 4.69) is 26.1 Å². The van der Waals surface area contributed by atoms with E-state index in [1.807, 2.05) is 18.2 Å². The Labute approximate surface area is 217 Å². The average Bonchev–Trinajstić information content (AvgIpc) is 2.89. The largest absolute Gasteiger partial charge is 0.368 e. The van der Waals surface area contributed by atoms with Crippen molar-refractivity contribution in [2.45, 2.75) is 6.92 Å². The van der Waals surface area contributed by atoms with Crippen molar-refractivity contribution in [3.05, 3.63) is 99.8 Å². The number of amides is 2. The smallest absolute Gasteiger partial charge is 0.261 e. The Kier molecular flexibility index (Phi) is 7.95. The van der Waals surface area contributed by atoms with Crippen molar-refractivity contribution in [1.82, 2.24) is 4.90 Å². The van der Waals surface area contributed by atoms with Gasteiger partial charge in [-0.05, 0) is 73.2 Å². The van der Waals surface area contributed by atoms with Crippen LogP contribution < -0.4 is 10.2 Å². The van der Waals surface area contributed by atoms with Gasteiger partial charge in [0.1, 0.15) is 11.4 Å². The van der Waals surface area contributed by atoms with Gasteiger partial charge < -0.3 is 15.1 Å². The lowest BCUT2D eigenvalue weighted by Gasteiger charge is -2.36. The first-order valence-corrected chi connectivity index (χ1v) is 12.3. The maximum Gasteiger partial charge on any atom is 0.261 e. The fourth-order valence-corrected chi connectivity index (χ4v) is 4.33. The molecule has 3 aromatic rings. The quantitative estimate of drug-likeness (QED) is 0.199. The zero-order valence-corrected chi connectivity index (χ0v) is 21.3. The third-order valence-electron chi connectivity index (χ3n) is 5.97. The van der Waals surface area contributed by atoms with Crippen molar-refractivity contribution in [3.8, 4) is 0 Å². The van der Waals surface area contributed by atoms with E-state index in [1.54, 1.807) is 41.3 Å². The van der Waals surface area contributed by atoms with Gasteiger partial charge in [0.15, 0.2) is 5.78 Å². The van der Waals surface area contributed by atoms with Gasteiger partial charge in [-0.15, -0.1) is 0 Å². The van der Waals surface area contributed by atoms with Crippen molar-refractivity contribution >= 4 is 51.0 Å². The second kappa shape index (κ2) is 11.3. The number of halogens is 2. The number of nitrogens with one attached hydrogen (secondary N) is 1. The first-order chi connectivity index (χ1) is 17.3. The zero-order chi connectivity index (χ0) is 25.7. The van der Waals surface area contributed by atoms with E-state index >= 15 is 0 Å². The van der Waals surface area contributed by atoms with Crippen molar-refractivity contribution in [2.75, 3.05) is 36.4 Å². The molecule has 6 nitrogen and oxygen atoms in total. The molecular formula is C28H25BrFN3O3. The van der Waals surface area contributed by atoms with Gasteiger partial charge in [-0.2, -0.15) is 0 Å². The molecule has 0 aliphatic carbocycles. The number of hydrogen-bond acceptors (Lipinski definition) is 4. The second-order valence-electron chi connectivity index (χ2n) is 8.43. The average molecular weight is 550 g/mol. The molecule has 1 fully saturated rings. The zero-order valence-electron chi connectivity index (χ0n) is 19.7. The van der Waals surface area contributed by atoms with Gasteiger partial charge in [-0.3, -0.25) is 14.4 Å². The van der Waals surface area contributed by atoms with Crippen LogP contribution in [0.4, 0.5) is 15.8 Å². The first kappa shape index (κ1) is 25.3. The molecule has 0 atom stereocenters. The molecule has 1 aliphatic rings. The monoisotopic (exact) mass is 549 g/mol. The standard InChI is InChI=1S/C28H25BrFN3O3/c1-19(34)20-7-10-24(11-8-20)32-13-15-33(16-14-32)28(36)25(18-21-17-22(30)9-12-26(21)29)27(35)31-23-5-3-2-4-6-23/h2-12,17-18H,13-16H2,1H3,(H,31,35)/b25-18+. The molecule has 3 aromatic carbocycles. The van der Waals surface area contributed by atoms with Crippen LogP contribution in [0.3, 0.4) is 0 Å². The molecule has 4 rings (SSSR count). The van der Waals surface area contributed by atoms with Crippen molar-refractivity contribution < 1.29 is 18.8 Å². The van der Waals surface area contributed by atoms with E-state index in [4.69, 9.17) is 0 Å². The molecule has 2 amide bonds. The van der Waals surface area contributed by atoms with Crippen molar-refractivity contribution in [1.29, 1.82) is 0 Å². The number of para-hydroxylation sites is 1. The summed E-state index contributed by atoms with van der Waals surface area (Å²) in [7, 11) is 0. The molecule has 1 heterocycles. The number of carbonyl (C=O) groups excluding carboxylic acids is 3. The maximum absolute atomic E-state index is 13.9. The molecule has 0 unspecified atom stereocenters. The molecule has 8 heteroatoms. The molecule has 0 spiro atoms. The molecule has 0 aromatic heterocycles. The van der Waals surface area contributed by atoms with Crippen molar-refractivity contribution in [3.63, 3.8) is 0 Å². The highest BCUT2D eigenvalue weighted by Gasteiger charge is 2.28. The van der Waals surface area contributed by atoms with Crippen LogP contribution in [0.2, 0.25) is 0 Å². The number of anilines is 2. The van der Waals surface area contributed by atoms with Gasteiger partial charge in [-0.1, -0.05) is 34.1 Å². The fraction of sp³-hybridized carbons (Fsp3) is 0.179. The number of Topliss-reactive ketones (excluding diaryl/α,β-unsaturated/α-hetero) is 1. The maximum atomic E-state index is 13.9. The highest BCUT2D eigenvalue weighted by molar-refractivity contribution is 9.10. The van der Waals surface area contributed by atoms with Crippen LogP contribution in [0.5, 0.6) is 0 Å². The molecule has 0 bridgehead atoms. The summed E-state index contributed by atoms with van der Waals surface area (Å²) >= 11 is 3.37. The predicted molar refractivity (Wildman–Crippen MR) is 142 cm³/mol. The Hall–Kier alpha value is -3.78. The third-order valence-corrected chi connectivity index (χ3v) is 6.69. The molecule has 1 aliphatic heterocycles. The minimum Gasteiger partial charge on any atom is -0.368 e. The topological polar surface area (TPSA) is 69.7 Å². The summed E-state index contributed by atoms with van der Waals surface area (Å²) in [5, 5.41) is 2.76. The minimum absolute atomic E-state index is 0.00926. The molecule has 1 saturated heterocycles. The molecule has 0 radical (unpaired) electrons. The molecular weight excluding hydrogens is 525 g/mol. The number of nitrogens with zero attached hydrogens (tertiary/aromatic N) is 2. The van der Waals surface area contributed by atoms with Gasteiger partial charge in [0, 0.05) is 47.6 Å². The minimum atomic E-state index is -0.565. The van der Waals surface area contributed by atoms with E-state index in [-0.39, 0.29) is 11.4 Å². The van der Waals surface area contributed by atoms with E-state index in [0.29, 0.717) is 47.5 Å². The number of hydrogen-bond donors (Lipinski definition) is 1. The van der Waals surface area contributed by atoms with Gasteiger partial charge in [0.25, 0.3) is 11.8 Å². The Morgan fingerprint density at radius 3 is 2.22 bits per heavy atom. The van der Waals surface area contributed by atoms with Gasteiger partial charge in [0.05, 0.1) is 0 Å². The summed E-state index contributed by atoms with van der Waals surface area (Å²) < 4.78 is 14.5. The van der Waals surface area contributed by atoms with Crippen LogP contribution in [0.15, 0.2) is 82.8 Å². The number of rotatable bonds is 6. The van der Waals surface area contributed by atoms with Gasteiger partial charge >= 0.3 is 0 Å². The van der Waals surface area contributed by atoms with E-state index < -0.39 is 17.6 Å². The summed E-state index contributed by atoms with van der Waals surface area (Å²) in [6.07, 6.45) is 1.42. The van der Waals surface area contributed by atoms with Crippen LogP contribution in [0.25, 0.3) is 6.08 Å². The van der Waals surface area contributed by atoms with E-state index in [9.17, 15) is 18.8 Å². The summed E-state index contributed by atoms with van der Waals surface area (Å²) in [4.78, 5) is 42.0. The fourth-order valence-electron chi connectivity index (χ4n) is 3.97. The number of ketones is 1. The SMILES string of the molecule is CC(=O)c1ccc(N2CCN(C(=O)/C(=C/c3cc(F)ccc3Br)C(=O)Nc3ccccc3)CC2)cc1. The number of carbonyl (C=O) groups is 3. The van der Waals surface area contributed by atoms with Crippen LogP contribution in [-0.4, -0.2) is 48.7 Å². The highest BCUT2D eigenvalue weighted by Crippen LogP contribution is 2.23. The summed E-state index contributed by atoms with van der Waals surface area (Å²) in [6.45, 7) is 3.49. The first-order valence-electron chi connectivity index (χ1n) is 11.5.